The van der Waals surface area contributed by atoms with Crippen LogP contribution in [0.4, 0.5) is 15.2 Å². The number of fused-ring (bicyclic) bond motifs is 1. The molecule has 4 heterocycles. The van der Waals surface area contributed by atoms with Crippen molar-refractivity contribution >= 4 is 48.9 Å². The minimum atomic E-state index is -0.506. The molecule has 0 saturated carbocycles. The zero-order valence-electron chi connectivity index (χ0n) is 15.9. The quantitative estimate of drug-likeness (QED) is 0.466. The van der Waals surface area contributed by atoms with Gasteiger partial charge in [0.05, 0.1) is 9.58 Å². The summed E-state index contributed by atoms with van der Waals surface area (Å²) in [5.41, 5.74) is 2.42. The normalized spacial score (nSPS) is 14.2. The minimum Gasteiger partial charge on any atom is -0.345 e. The number of piperazine rings is 1. The number of thiazole rings is 1. The van der Waals surface area contributed by atoms with Crippen molar-refractivity contribution in [1.82, 2.24) is 15.3 Å². The average molecular weight is 440 g/mol. The van der Waals surface area contributed by atoms with Gasteiger partial charge in [0.1, 0.15) is 4.83 Å². The average Bonchev–Trinajstić information content (AvgIpc) is 3.35. The first-order valence-corrected chi connectivity index (χ1v) is 11.2. The fourth-order valence-corrected chi connectivity index (χ4v) is 5.47. The third-order valence-corrected chi connectivity index (χ3v) is 7.11. The summed E-state index contributed by atoms with van der Waals surface area (Å²) in [6, 6.07) is 12.3. The monoisotopic (exact) mass is 439 g/mol. The van der Waals surface area contributed by atoms with Crippen molar-refractivity contribution in [2.24, 2.45) is 0 Å². The van der Waals surface area contributed by atoms with Crippen LogP contribution in [0.5, 0.6) is 0 Å². The van der Waals surface area contributed by atoms with Crippen molar-refractivity contribution in [3.63, 3.8) is 0 Å². The first-order chi connectivity index (χ1) is 14.7. The number of amides is 1. The molecule has 1 amide bonds. The number of aromatic nitrogens is 2. The van der Waals surface area contributed by atoms with Crippen LogP contribution in [-0.4, -0.2) is 42.1 Å². The van der Waals surface area contributed by atoms with E-state index in [4.69, 9.17) is 4.98 Å². The Morgan fingerprint density at radius 1 is 1.07 bits per heavy atom. The Kier molecular flexibility index (Phi) is 5.16. The summed E-state index contributed by atoms with van der Waals surface area (Å²) < 4.78 is 14.0. The molecule has 30 heavy (non-hydrogen) atoms. The number of carbonyl (C=O) groups is 1. The van der Waals surface area contributed by atoms with Crippen LogP contribution < -0.4 is 15.5 Å². The van der Waals surface area contributed by atoms with Crippen LogP contribution >= 0.6 is 22.7 Å². The smallest absolute Gasteiger partial charge is 0.265 e. The maximum Gasteiger partial charge on any atom is 0.265 e. The molecule has 0 bridgehead atoms. The number of hydrogen-bond donors (Lipinski definition) is 2. The fraction of sp³-hybridized carbons (Fsp3) is 0.190. The SMILES string of the molecule is O=C(Nc1ccc(-c2ccc(F)nc2)cc1)c1cc2sc(N3CCNCC3)nc2s1. The predicted molar refractivity (Wildman–Crippen MR) is 120 cm³/mol. The van der Waals surface area contributed by atoms with Gasteiger partial charge in [-0.05, 0) is 35.9 Å². The second kappa shape index (κ2) is 8.10. The number of halogens is 1. The Labute approximate surface area is 180 Å². The molecule has 0 spiro atoms. The van der Waals surface area contributed by atoms with E-state index in [0.29, 0.717) is 10.6 Å². The van der Waals surface area contributed by atoms with Crippen LogP contribution in [0.1, 0.15) is 9.67 Å². The Morgan fingerprint density at radius 2 is 1.83 bits per heavy atom. The maximum atomic E-state index is 13.0. The largest absolute Gasteiger partial charge is 0.345 e. The highest BCUT2D eigenvalue weighted by molar-refractivity contribution is 7.29. The highest BCUT2D eigenvalue weighted by Crippen LogP contribution is 2.35. The van der Waals surface area contributed by atoms with Crippen LogP contribution in [0.2, 0.25) is 0 Å². The lowest BCUT2D eigenvalue weighted by atomic mass is 10.1. The summed E-state index contributed by atoms with van der Waals surface area (Å²) in [5.74, 6) is -0.654. The summed E-state index contributed by atoms with van der Waals surface area (Å²) in [4.78, 5) is 24.9. The van der Waals surface area contributed by atoms with Crippen molar-refractivity contribution in [3.8, 4) is 11.1 Å². The van der Waals surface area contributed by atoms with Gasteiger partial charge >= 0.3 is 0 Å². The number of anilines is 2. The number of benzene rings is 1. The molecule has 1 aliphatic heterocycles. The minimum absolute atomic E-state index is 0.148. The van der Waals surface area contributed by atoms with E-state index in [1.165, 1.54) is 23.6 Å². The van der Waals surface area contributed by atoms with Crippen molar-refractivity contribution in [2.75, 3.05) is 36.4 Å². The second-order valence-electron chi connectivity index (χ2n) is 6.91. The van der Waals surface area contributed by atoms with Crippen molar-refractivity contribution in [3.05, 3.63) is 59.5 Å². The summed E-state index contributed by atoms with van der Waals surface area (Å²) in [5, 5.41) is 7.29. The predicted octanol–water partition coefficient (Wildman–Crippen LogP) is 4.22. The highest BCUT2D eigenvalue weighted by atomic mass is 32.1. The molecule has 0 unspecified atom stereocenters. The van der Waals surface area contributed by atoms with E-state index in [1.807, 2.05) is 30.3 Å². The molecule has 1 fully saturated rings. The summed E-state index contributed by atoms with van der Waals surface area (Å²) in [7, 11) is 0. The molecule has 6 nitrogen and oxygen atoms in total. The zero-order chi connectivity index (χ0) is 20.5. The molecule has 152 valence electrons. The molecular weight excluding hydrogens is 421 g/mol. The first-order valence-electron chi connectivity index (χ1n) is 9.55. The molecule has 5 rings (SSSR count). The highest BCUT2D eigenvalue weighted by Gasteiger charge is 2.18. The van der Waals surface area contributed by atoms with E-state index in [0.717, 1.165) is 52.0 Å². The second-order valence-corrected chi connectivity index (χ2v) is 8.95. The molecule has 4 aromatic rings. The van der Waals surface area contributed by atoms with Gasteiger partial charge in [-0.2, -0.15) is 4.39 Å². The molecule has 1 aromatic carbocycles. The Morgan fingerprint density at radius 3 is 2.53 bits per heavy atom. The number of nitrogens with one attached hydrogen (secondary N) is 2. The number of rotatable bonds is 4. The van der Waals surface area contributed by atoms with E-state index in [9.17, 15) is 9.18 Å². The molecule has 9 heteroatoms. The molecule has 0 aliphatic carbocycles. The molecule has 3 aromatic heterocycles. The van der Waals surface area contributed by atoms with E-state index in [1.54, 1.807) is 17.4 Å². The van der Waals surface area contributed by atoms with Gasteiger partial charge in [0.2, 0.25) is 5.95 Å². The molecule has 1 aliphatic rings. The summed E-state index contributed by atoms with van der Waals surface area (Å²) in [6.45, 7) is 3.85. The van der Waals surface area contributed by atoms with Gasteiger partial charge in [-0.15, -0.1) is 11.3 Å². The number of nitrogens with zero attached hydrogens (tertiary/aromatic N) is 3. The Balaban J connectivity index is 1.28. The van der Waals surface area contributed by atoms with Gasteiger partial charge in [-0.1, -0.05) is 23.5 Å². The number of hydrogen-bond acceptors (Lipinski definition) is 7. The van der Waals surface area contributed by atoms with Gasteiger partial charge < -0.3 is 15.5 Å². The van der Waals surface area contributed by atoms with Gasteiger partial charge in [-0.3, -0.25) is 4.79 Å². The fourth-order valence-electron chi connectivity index (χ4n) is 3.31. The Hall–Kier alpha value is -2.88. The third kappa shape index (κ3) is 3.91. The lowest BCUT2D eigenvalue weighted by molar-refractivity contribution is 0.103. The van der Waals surface area contributed by atoms with Gasteiger partial charge in [0.25, 0.3) is 5.91 Å². The van der Waals surface area contributed by atoms with Crippen LogP contribution in [0.25, 0.3) is 20.7 Å². The summed E-state index contributed by atoms with van der Waals surface area (Å²) in [6.07, 6.45) is 1.49. The Bertz CT molecular complexity index is 1150. The van der Waals surface area contributed by atoms with Gasteiger partial charge in [-0.25, -0.2) is 9.97 Å². The van der Waals surface area contributed by atoms with Crippen LogP contribution in [0.15, 0.2) is 48.7 Å². The lowest BCUT2D eigenvalue weighted by Gasteiger charge is -2.26. The van der Waals surface area contributed by atoms with Crippen LogP contribution in [0.3, 0.4) is 0 Å². The lowest BCUT2D eigenvalue weighted by Crippen LogP contribution is -2.43. The van der Waals surface area contributed by atoms with Crippen molar-refractivity contribution in [1.29, 1.82) is 0 Å². The summed E-state index contributed by atoms with van der Waals surface area (Å²) >= 11 is 3.05. The molecule has 2 N–H and O–H groups in total. The molecule has 0 radical (unpaired) electrons. The van der Waals surface area contributed by atoms with E-state index in [2.05, 4.69) is 20.5 Å². The number of thiophene rings is 1. The van der Waals surface area contributed by atoms with Crippen molar-refractivity contribution in [2.45, 2.75) is 0 Å². The maximum absolute atomic E-state index is 13.0. The van der Waals surface area contributed by atoms with Crippen LogP contribution in [0, 0.1) is 5.95 Å². The van der Waals surface area contributed by atoms with Gasteiger partial charge in [0.15, 0.2) is 5.13 Å². The van der Waals surface area contributed by atoms with E-state index >= 15 is 0 Å². The zero-order valence-corrected chi connectivity index (χ0v) is 17.5. The molecule has 1 saturated heterocycles. The van der Waals surface area contributed by atoms with E-state index < -0.39 is 5.95 Å². The molecular formula is C21H18FN5OS2. The molecule has 0 atom stereocenters. The van der Waals surface area contributed by atoms with E-state index in [-0.39, 0.29) is 5.91 Å². The van der Waals surface area contributed by atoms with Gasteiger partial charge in [0, 0.05) is 43.6 Å². The first kappa shape index (κ1) is 19.1. The number of pyridine rings is 1. The third-order valence-electron chi connectivity index (χ3n) is 4.89. The number of carbonyl (C=O) groups excluding carboxylic acids is 1. The standard InChI is InChI=1S/C21H18FN5OS2/c22-18-6-3-14(12-24-18)13-1-4-15(5-2-13)25-19(28)16-11-17-20(29-16)26-21(30-17)27-9-7-23-8-10-27/h1-6,11-12,23H,7-10H2,(H,25,28). The van der Waals surface area contributed by atoms with Crippen LogP contribution in [-0.2, 0) is 0 Å². The van der Waals surface area contributed by atoms with Crippen molar-refractivity contribution < 1.29 is 9.18 Å². The topological polar surface area (TPSA) is 70.2 Å².